The maximum atomic E-state index is 11.6. The smallest absolute Gasteiger partial charge is 0.323 e. The van der Waals surface area contributed by atoms with Crippen LogP contribution < -0.4 is 0 Å². The van der Waals surface area contributed by atoms with Crippen LogP contribution in [0.2, 0.25) is 0 Å². The topological polar surface area (TPSA) is 29.5 Å². The first-order chi connectivity index (χ1) is 7.08. The van der Waals surface area contributed by atoms with Crippen molar-refractivity contribution in [2.75, 3.05) is 20.2 Å². The van der Waals surface area contributed by atoms with Gasteiger partial charge in [0.15, 0.2) is 0 Å². The van der Waals surface area contributed by atoms with Gasteiger partial charge in [-0.15, -0.1) is 0 Å². The van der Waals surface area contributed by atoms with Crippen LogP contribution in [0.4, 0.5) is 0 Å². The van der Waals surface area contributed by atoms with Crippen molar-refractivity contribution in [3.63, 3.8) is 0 Å². The second-order valence-electron chi connectivity index (χ2n) is 4.85. The molecule has 0 aromatic carbocycles. The molecule has 3 atom stereocenters. The van der Waals surface area contributed by atoms with Gasteiger partial charge in [0, 0.05) is 13.1 Å². The zero-order valence-electron chi connectivity index (χ0n) is 10.3. The lowest BCUT2D eigenvalue weighted by atomic mass is 9.90. The van der Waals surface area contributed by atoms with Gasteiger partial charge in [0.1, 0.15) is 6.04 Å². The van der Waals surface area contributed by atoms with Crippen LogP contribution >= 0.6 is 0 Å². The molecule has 1 fully saturated rings. The molecule has 0 bridgehead atoms. The van der Waals surface area contributed by atoms with Crippen LogP contribution in [0.1, 0.15) is 33.6 Å². The van der Waals surface area contributed by atoms with Crippen molar-refractivity contribution in [3.8, 4) is 0 Å². The molecular formula is C12H23NO2. The summed E-state index contributed by atoms with van der Waals surface area (Å²) in [5.41, 5.74) is 0. The van der Waals surface area contributed by atoms with E-state index in [0.29, 0.717) is 11.8 Å². The van der Waals surface area contributed by atoms with Gasteiger partial charge >= 0.3 is 5.97 Å². The first-order valence-corrected chi connectivity index (χ1v) is 5.90. The Morgan fingerprint density at radius 1 is 1.40 bits per heavy atom. The molecule has 1 saturated heterocycles. The quantitative estimate of drug-likeness (QED) is 0.671. The molecule has 1 heterocycles. The summed E-state index contributed by atoms with van der Waals surface area (Å²) in [6.07, 6.45) is 2.11. The number of rotatable bonds is 3. The van der Waals surface area contributed by atoms with Crippen molar-refractivity contribution in [3.05, 3.63) is 0 Å². The Morgan fingerprint density at radius 3 is 2.33 bits per heavy atom. The molecule has 88 valence electrons. The van der Waals surface area contributed by atoms with Gasteiger partial charge in [0.25, 0.3) is 0 Å². The summed E-state index contributed by atoms with van der Waals surface area (Å²) in [6, 6.07) is -0.0415. The third kappa shape index (κ3) is 3.20. The lowest BCUT2D eigenvalue weighted by molar-refractivity contribution is -0.148. The van der Waals surface area contributed by atoms with E-state index in [2.05, 4.69) is 18.7 Å². The summed E-state index contributed by atoms with van der Waals surface area (Å²) in [5.74, 6) is 1.29. The molecule has 1 aliphatic rings. The fraction of sp³-hybridized carbons (Fsp3) is 0.917. The predicted octanol–water partition coefficient (Wildman–Crippen LogP) is 1.92. The Bertz CT molecular complexity index is 208. The summed E-state index contributed by atoms with van der Waals surface area (Å²) < 4.78 is 4.85. The Morgan fingerprint density at radius 2 is 1.93 bits per heavy atom. The summed E-state index contributed by atoms with van der Waals surface area (Å²) >= 11 is 0. The molecular weight excluding hydrogens is 190 g/mol. The number of methoxy groups -OCH3 is 1. The molecule has 0 aromatic rings. The van der Waals surface area contributed by atoms with Crippen molar-refractivity contribution in [1.82, 2.24) is 4.90 Å². The van der Waals surface area contributed by atoms with Gasteiger partial charge in [-0.3, -0.25) is 9.69 Å². The Balaban J connectivity index is 2.63. The van der Waals surface area contributed by atoms with Crippen molar-refractivity contribution in [2.24, 2.45) is 11.8 Å². The minimum Gasteiger partial charge on any atom is -0.468 e. The lowest BCUT2D eigenvalue weighted by Gasteiger charge is -2.38. The number of hydrogen-bond donors (Lipinski definition) is 0. The largest absolute Gasteiger partial charge is 0.468 e. The first kappa shape index (κ1) is 12.5. The van der Waals surface area contributed by atoms with Crippen molar-refractivity contribution in [1.29, 1.82) is 0 Å². The second kappa shape index (κ2) is 5.50. The van der Waals surface area contributed by atoms with E-state index in [1.807, 2.05) is 6.92 Å². The van der Waals surface area contributed by atoms with E-state index in [0.717, 1.165) is 19.5 Å². The van der Waals surface area contributed by atoms with Crippen LogP contribution in [0.15, 0.2) is 0 Å². The molecule has 0 unspecified atom stereocenters. The van der Waals surface area contributed by atoms with Crippen LogP contribution in [0.25, 0.3) is 0 Å². The van der Waals surface area contributed by atoms with Gasteiger partial charge in [-0.05, 0) is 24.7 Å². The van der Waals surface area contributed by atoms with Crippen LogP contribution in [-0.4, -0.2) is 37.1 Å². The monoisotopic (exact) mass is 213 g/mol. The number of carbonyl (C=O) groups excluding carboxylic acids is 1. The number of nitrogens with zero attached hydrogens (tertiary/aromatic N) is 1. The zero-order valence-corrected chi connectivity index (χ0v) is 10.3. The summed E-state index contributed by atoms with van der Waals surface area (Å²) in [7, 11) is 1.47. The zero-order chi connectivity index (χ0) is 11.4. The van der Waals surface area contributed by atoms with Crippen LogP contribution in [0, 0.1) is 11.8 Å². The van der Waals surface area contributed by atoms with Crippen molar-refractivity contribution >= 4 is 5.97 Å². The maximum Gasteiger partial charge on any atom is 0.323 e. The van der Waals surface area contributed by atoms with Crippen molar-refractivity contribution in [2.45, 2.75) is 39.7 Å². The minimum absolute atomic E-state index is 0.0415. The van der Waals surface area contributed by atoms with Gasteiger partial charge in [-0.1, -0.05) is 20.8 Å². The van der Waals surface area contributed by atoms with E-state index in [4.69, 9.17) is 4.74 Å². The number of esters is 1. The van der Waals surface area contributed by atoms with E-state index < -0.39 is 0 Å². The molecule has 0 aliphatic carbocycles. The van der Waals surface area contributed by atoms with E-state index in [1.165, 1.54) is 13.5 Å². The number of carbonyl (C=O) groups is 1. The molecule has 0 radical (unpaired) electrons. The van der Waals surface area contributed by atoms with Gasteiger partial charge in [0.05, 0.1) is 7.11 Å². The van der Waals surface area contributed by atoms with Crippen LogP contribution in [0.3, 0.4) is 0 Å². The second-order valence-corrected chi connectivity index (χ2v) is 4.85. The van der Waals surface area contributed by atoms with E-state index >= 15 is 0 Å². The van der Waals surface area contributed by atoms with Gasteiger partial charge in [0.2, 0.25) is 0 Å². The molecule has 0 spiro atoms. The van der Waals surface area contributed by atoms with Crippen molar-refractivity contribution < 1.29 is 9.53 Å². The molecule has 0 aromatic heterocycles. The fourth-order valence-corrected chi connectivity index (χ4v) is 2.68. The standard InChI is InChI=1S/C12H23NO2/c1-5-11(12(14)15-4)13-7-9(2)6-10(3)8-13/h9-11H,5-8H2,1-4H3/t9-,10+,11-/m0/s1. The Hall–Kier alpha value is -0.570. The molecule has 1 rings (SSSR count). The third-order valence-corrected chi connectivity index (χ3v) is 3.20. The van der Waals surface area contributed by atoms with Gasteiger partial charge in [-0.25, -0.2) is 0 Å². The summed E-state index contributed by atoms with van der Waals surface area (Å²) in [6.45, 7) is 8.61. The average Bonchev–Trinajstić information content (AvgIpc) is 2.17. The fourth-order valence-electron chi connectivity index (χ4n) is 2.68. The number of piperidine rings is 1. The summed E-state index contributed by atoms with van der Waals surface area (Å²) in [4.78, 5) is 13.9. The summed E-state index contributed by atoms with van der Waals surface area (Å²) in [5, 5.41) is 0. The Labute approximate surface area is 92.8 Å². The third-order valence-electron chi connectivity index (χ3n) is 3.20. The Kier molecular flexibility index (Phi) is 4.58. The first-order valence-electron chi connectivity index (χ1n) is 5.90. The normalized spacial score (nSPS) is 29.9. The van der Waals surface area contributed by atoms with Crippen LogP contribution in [-0.2, 0) is 9.53 Å². The van der Waals surface area contributed by atoms with E-state index in [1.54, 1.807) is 0 Å². The molecule has 15 heavy (non-hydrogen) atoms. The number of ether oxygens (including phenoxy) is 1. The molecule has 1 aliphatic heterocycles. The predicted molar refractivity (Wildman–Crippen MR) is 60.6 cm³/mol. The molecule has 3 nitrogen and oxygen atoms in total. The van der Waals surface area contributed by atoms with E-state index in [9.17, 15) is 4.79 Å². The molecule has 3 heteroatoms. The highest BCUT2D eigenvalue weighted by molar-refractivity contribution is 5.75. The number of hydrogen-bond acceptors (Lipinski definition) is 3. The SMILES string of the molecule is CC[C@@H](C(=O)OC)N1C[C@H](C)C[C@H](C)C1. The lowest BCUT2D eigenvalue weighted by Crippen LogP contribution is -2.48. The van der Waals surface area contributed by atoms with E-state index in [-0.39, 0.29) is 12.0 Å². The molecule has 0 saturated carbocycles. The highest BCUT2D eigenvalue weighted by Gasteiger charge is 2.30. The van der Waals surface area contributed by atoms with Gasteiger partial charge in [-0.2, -0.15) is 0 Å². The highest BCUT2D eigenvalue weighted by atomic mass is 16.5. The minimum atomic E-state index is -0.0844. The highest BCUT2D eigenvalue weighted by Crippen LogP contribution is 2.23. The molecule has 0 amide bonds. The van der Waals surface area contributed by atoms with Crippen LogP contribution in [0.5, 0.6) is 0 Å². The molecule has 0 N–H and O–H groups in total. The number of likely N-dealkylation sites (tertiary alicyclic amines) is 1. The average molecular weight is 213 g/mol. The van der Waals surface area contributed by atoms with Gasteiger partial charge < -0.3 is 4.74 Å². The maximum absolute atomic E-state index is 11.6.